The molecule has 0 aliphatic carbocycles. The topological polar surface area (TPSA) is 73.5 Å². The molecule has 0 aromatic heterocycles. The molecule has 0 aliphatic rings. The Morgan fingerprint density at radius 1 is 1.38 bits per heavy atom. The Bertz CT molecular complexity index is 72.2. The van der Waals surface area contributed by atoms with Crippen molar-refractivity contribution < 1.29 is 14.7 Å². The molecule has 0 aromatic rings. The fourth-order valence-electron chi connectivity index (χ4n) is 0.0471. The summed E-state index contributed by atoms with van der Waals surface area (Å²) in [6.07, 6.45) is 1.07. The van der Waals surface area contributed by atoms with Crippen molar-refractivity contribution in [3.05, 3.63) is 0 Å². The van der Waals surface area contributed by atoms with Crippen LogP contribution in [-0.2, 0) is 4.65 Å². The molecule has 8 heavy (non-hydrogen) atoms. The van der Waals surface area contributed by atoms with Crippen LogP contribution in [0, 0.1) is 11.5 Å². The molecule has 2 N–H and O–H groups in total. The van der Waals surface area contributed by atoms with E-state index in [1.165, 1.54) is 0 Å². The fourth-order valence-corrected chi connectivity index (χ4v) is 0.0471. The van der Waals surface area contributed by atoms with Gasteiger partial charge in [-0.05, 0) is 0 Å². The Morgan fingerprint density at radius 2 is 1.75 bits per heavy atom. The normalized spacial score (nSPS) is 4.62. The number of nitrogens with zero attached hydrogens (tertiary/aromatic N) is 1. The van der Waals surface area contributed by atoms with E-state index in [1.54, 1.807) is 0 Å². The summed E-state index contributed by atoms with van der Waals surface area (Å²) in [7, 11) is -1.96. The molecule has 0 aliphatic heterocycles. The quantitative estimate of drug-likeness (QED) is 0.276. The van der Waals surface area contributed by atoms with E-state index < -0.39 is 7.32 Å². The van der Waals surface area contributed by atoms with Crippen molar-refractivity contribution in [2.75, 3.05) is 0 Å². The van der Waals surface area contributed by atoms with Gasteiger partial charge >= 0.3 is 45.0 Å². The van der Waals surface area contributed by atoms with Gasteiger partial charge in [-0.3, -0.25) is 0 Å². The van der Waals surface area contributed by atoms with E-state index >= 15 is 0 Å². The van der Waals surface area contributed by atoms with Gasteiger partial charge in [0.2, 0.25) is 0 Å². The number of nitriles is 1. The summed E-state index contributed by atoms with van der Waals surface area (Å²) in [6, 6.07) is 0. The molecule has 7 heteroatoms. The zero-order valence-corrected chi connectivity index (χ0v) is 2.83. The molecule has 0 fully saturated rings. The Balaban J connectivity index is -0.000000125. The van der Waals surface area contributed by atoms with Crippen LogP contribution in [0.1, 0.15) is 0 Å². The first-order chi connectivity index (χ1) is 2.77. The summed E-state index contributed by atoms with van der Waals surface area (Å²) in [5, 5.41) is 22.8. The van der Waals surface area contributed by atoms with Crippen LogP contribution in [0.4, 0.5) is 0 Å². The summed E-state index contributed by atoms with van der Waals surface area (Å²) in [5.41, 5.74) is 0. The Hall–Kier alpha value is 0.470. The van der Waals surface area contributed by atoms with E-state index in [-0.39, 0.29) is 37.7 Å². The Kier molecular flexibility index (Phi) is 20.6. The Morgan fingerprint density at radius 3 is 1.75 bits per heavy atom. The summed E-state index contributed by atoms with van der Waals surface area (Å²) in [6.45, 7) is 0. The van der Waals surface area contributed by atoms with Gasteiger partial charge in [0.25, 0.3) is 6.26 Å². The van der Waals surface area contributed by atoms with Gasteiger partial charge in [0.1, 0.15) is 0 Å². The number of hydrogen-bond donors (Lipinski definition) is 2. The van der Waals surface area contributed by atoms with Crippen molar-refractivity contribution in [2.45, 2.75) is 0 Å². The van der Waals surface area contributed by atoms with Crippen LogP contribution < -0.4 is 0 Å². The maximum absolute atomic E-state index is 7.66. The van der Waals surface area contributed by atoms with Crippen LogP contribution >= 0.6 is 0 Å². The summed E-state index contributed by atoms with van der Waals surface area (Å²) < 4.78 is 3.46. The average Bonchev–Trinajstić information content (AvgIpc) is 1.35. The van der Waals surface area contributed by atoms with Crippen LogP contribution in [0.3, 0.4) is 0 Å². The fraction of sp³-hybridized carbons (Fsp3) is 0. The first-order valence-corrected chi connectivity index (χ1v) is 1.18. The van der Waals surface area contributed by atoms with Crippen LogP contribution in [-0.4, -0.2) is 55.1 Å². The first kappa shape index (κ1) is 15.8. The Labute approximate surface area is 71.4 Å². The molecule has 0 aromatic carbocycles. The SMILES string of the molecule is N#COB(O)O.[LiH].[LiH]. The zero-order chi connectivity index (χ0) is 4.99. The molecular formula is CH4BLi2NO3. The van der Waals surface area contributed by atoms with Crippen molar-refractivity contribution in [2.24, 2.45) is 0 Å². The molecule has 0 saturated carbocycles. The summed E-state index contributed by atoms with van der Waals surface area (Å²) in [5.74, 6) is 0. The van der Waals surface area contributed by atoms with E-state index in [2.05, 4.69) is 4.65 Å². The van der Waals surface area contributed by atoms with Gasteiger partial charge in [-0.15, -0.1) is 0 Å². The minimum absolute atomic E-state index is 0. The van der Waals surface area contributed by atoms with Crippen LogP contribution in [0.5, 0.6) is 0 Å². The van der Waals surface area contributed by atoms with Gasteiger partial charge in [0, 0.05) is 0 Å². The standard InChI is InChI=1S/CH2BNO3.2Li.2H/c3-1-6-2(4)5;;;;/h4-5H;;;;. The number of rotatable bonds is 1. The van der Waals surface area contributed by atoms with Gasteiger partial charge in [-0.2, -0.15) is 5.26 Å². The second-order valence-corrected chi connectivity index (χ2v) is 0.535. The predicted octanol–water partition coefficient (Wildman–Crippen LogP) is -2.84. The molecule has 0 heterocycles. The molecule has 0 amide bonds. The zero-order valence-electron chi connectivity index (χ0n) is 2.83. The molecule has 36 valence electrons. The van der Waals surface area contributed by atoms with Gasteiger partial charge in [-0.25, -0.2) is 0 Å². The molecule has 4 nitrogen and oxygen atoms in total. The molecule has 0 rings (SSSR count). The first-order valence-electron chi connectivity index (χ1n) is 1.18. The second-order valence-electron chi connectivity index (χ2n) is 0.535. The molecule has 0 atom stereocenters. The minimum atomic E-state index is -1.96. The van der Waals surface area contributed by atoms with E-state index in [0.717, 1.165) is 6.26 Å². The van der Waals surface area contributed by atoms with E-state index in [4.69, 9.17) is 15.3 Å². The van der Waals surface area contributed by atoms with Gasteiger partial charge in [-0.1, -0.05) is 0 Å². The third kappa shape index (κ3) is 16.1. The van der Waals surface area contributed by atoms with Crippen LogP contribution in [0.15, 0.2) is 0 Å². The van der Waals surface area contributed by atoms with Gasteiger partial charge < -0.3 is 14.7 Å². The third-order valence-corrected chi connectivity index (χ3v) is 0.158. The van der Waals surface area contributed by atoms with Crippen molar-refractivity contribution in [1.29, 1.82) is 5.26 Å². The van der Waals surface area contributed by atoms with Gasteiger partial charge in [0.05, 0.1) is 0 Å². The third-order valence-electron chi connectivity index (χ3n) is 0.158. The van der Waals surface area contributed by atoms with Crippen LogP contribution in [0.25, 0.3) is 0 Å². The van der Waals surface area contributed by atoms with Crippen molar-refractivity contribution >= 4 is 45.0 Å². The van der Waals surface area contributed by atoms with E-state index in [9.17, 15) is 0 Å². The van der Waals surface area contributed by atoms with Crippen molar-refractivity contribution in [1.82, 2.24) is 0 Å². The predicted molar refractivity (Wildman–Crippen MR) is 31.2 cm³/mol. The summed E-state index contributed by atoms with van der Waals surface area (Å²) in [4.78, 5) is 0. The van der Waals surface area contributed by atoms with E-state index in [1.807, 2.05) is 0 Å². The van der Waals surface area contributed by atoms with Gasteiger partial charge in [0.15, 0.2) is 0 Å². The molecule has 0 radical (unpaired) electrons. The van der Waals surface area contributed by atoms with Crippen molar-refractivity contribution in [3.8, 4) is 6.26 Å². The second kappa shape index (κ2) is 10.5. The van der Waals surface area contributed by atoms with Crippen molar-refractivity contribution in [3.63, 3.8) is 0 Å². The van der Waals surface area contributed by atoms with Crippen LogP contribution in [0.2, 0.25) is 0 Å². The molecule has 0 bridgehead atoms. The molecule has 0 spiro atoms. The monoisotopic (exact) mass is 103 g/mol. The number of hydrogen-bond acceptors (Lipinski definition) is 4. The van der Waals surface area contributed by atoms with E-state index in [0.29, 0.717) is 0 Å². The summed E-state index contributed by atoms with van der Waals surface area (Å²) >= 11 is 0. The average molecular weight is 103 g/mol. The molecular weight excluding hydrogens is 98.7 g/mol. The molecule has 0 saturated heterocycles. The molecule has 0 unspecified atom stereocenters. The maximum atomic E-state index is 7.66.